The molecule has 1 N–H and O–H groups in total. The number of nitrogens with zero attached hydrogens (tertiary/aromatic N) is 3. The number of amides is 1. The van der Waals surface area contributed by atoms with Gasteiger partial charge in [-0.15, -0.1) is 0 Å². The smallest absolute Gasteiger partial charge is 0.237 e. The van der Waals surface area contributed by atoms with E-state index < -0.39 is 0 Å². The third kappa shape index (κ3) is 4.13. The highest BCUT2D eigenvalue weighted by atomic mass is 16.2. The molecule has 0 saturated carbocycles. The van der Waals surface area contributed by atoms with Gasteiger partial charge in [0.1, 0.15) is 5.82 Å². The van der Waals surface area contributed by atoms with Gasteiger partial charge < -0.3 is 5.41 Å². The van der Waals surface area contributed by atoms with Gasteiger partial charge in [0.05, 0.1) is 23.5 Å². The van der Waals surface area contributed by atoms with Crippen LogP contribution in [0.1, 0.15) is 55.0 Å². The van der Waals surface area contributed by atoms with Crippen LogP contribution in [-0.2, 0) is 11.2 Å². The summed E-state index contributed by atoms with van der Waals surface area (Å²) in [6.07, 6.45) is 4.01. The molecule has 1 amide bonds. The molecule has 0 spiro atoms. The molecular formula is C26H28N4O. The predicted octanol–water partition coefficient (Wildman–Crippen LogP) is 5.93. The van der Waals surface area contributed by atoms with Crippen LogP contribution < -0.4 is 4.90 Å². The van der Waals surface area contributed by atoms with E-state index in [4.69, 9.17) is 15.4 Å². The van der Waals surface area contributed by atoms with Gasteiger partial charge >= 0.3 is 0 Å². The molecular weight excluding hydrogens is 384 g/mol. The molecule has 2 aromatic carbocycles. The van der Waals surface area contributed by atoms with Gasteiger partial charge in [0.25, 0.3) is 0 Å². The van der Waals surface area contributed by atoms with Gasteiger partial charge in [0.2, 0.25) is 5.91 Å². The van der Waals surface area contributed by atoms with Crippen molar-refractivity contribution in [3.8, 4) is 11.4 Å². The Morgan fingerprint density at radius 2 is 1.77 bits per heavy atom. The SMILES string of the molecule is CCCCCC(=N)c1nc(-c2ccc(C)cc2)nc2c1CC(=O)N2c1ccccc1C. The number of nitrogens with one attached hydrogen (secondary N) is 1. The van der Waals surface area contributed by atoms with Crippen LogP contribution in [0.25, 0.3) is 11.4 Å². The van der Waals surface area contributed by atoms with Crippen molar-refractivity contribution in [3.05, 3.63) is 70.9 Å². The number of fused-ring (bicyclic) bond motifs is 1. The predicted molar refractivity (Wildman–Crippen MR) is 125 cm³/mol. The lowest BCUT2D eigenvalue weighted by Crippen LogP contribution is -2.22. The molecule has 1 aliphatic rings. The number of rotatable bonds is 7. The zero-order valence-electron chi connectivity index (χ0n) is 18.4. The van der Waals surface area contributed by atoms with Crippen molar-refractivity contribution in [2.24, 2.45) is 0 Å². The second-order valence-corrected chi connectivity index (χ2v) is 8.19. The van der Waals surface area contributed by atoms with Crippen LogP contribution in [0.3, 0.4) is 0 Å². The third-order valence-corrected chi connectivity index (χ3v) is 5.76. The van der Waals surface area contributed by atoms with Gasteiger partial charge in [-0.2, -0.15) is 0 Å². The molecule has 5 heteroatoms. The van der Waals surface area contributed by atoms with Crippen LogP contribution in [0.15, 0.2) is 48.5 Å². The van der Waals surface area contributed by atoms with Crippen LogP contribution in [0.2, 0.25) is 0 Å². The van der Waals surface area contributed by atoms with Crippen LogP contribution in [0.4, 0.5) is 11.5 Å². The number of hydrogen-bond donors (Lipinski definition) is 1. The Bertz CT molecular complexity index is 1130. The summed E-state index contributed by atoms with van der Waals surface area (Å²) in [5, 5.41) is 8.73. The third-order valence-electron chi connectivity index (χ3n) is 5.76. The summed E-state index contributed by atoms with van der Waals surface area (Å²) in [5.41, 5.74) is 5.77. The minimum absolute atomic E-state index is 0.0257. The molecule has 0 atom stereocenters. The monoisotopic (exact) mass is 412 g/mol. The van der Waals surface area contributed by atoms with Gasteiger partial charge in [-0.3, -0.25) is 9.69 Å². The Morgan fingerprint density at radius 3 is 2.48 bits per heavy atom. The number of carbonyl (C=O) groups excluding carboxylic acids is 1. The second kappa shape index (κ2) is 8.80. The van der Waals surface area contributed by atoms with E-state index in [-0.39, 0.29) is 12.3 Å². The Balaban J connectivity index is 1.86. The van der Waals surface area contributed by atoms with E-state index in [2.05, 4.69) is 6.92 Å². The topological polar surface area (TPSA) is 69.9 Å². The van der Waals surface area contributed by atoms with Gasteiger partial charge in [0, 0.05) is 11.1 Å². The minimum Gasteiger partial charge on any atom is -0.303 e. The summed E-state index contributed by atoms with van der Waals surface area (Å²) in [4.78, 5) is 24.4. The molecule has 3 aromatic rings. The van der Waals surface area contributed by atoms with Crippen LogP contribution >= 0.6 is 0 Å². The Kier molecular flexibility index (Phi) is 5.94. The first-order chi connectivity index (χ1) is 15.0. The lowest BCUT2D eigenvalue weighted by Gasteiger charge is -2.20. The lowest BCUT2D eigenvalue weighted by atomic mass is 10.0. The molecule has 31 heavy (non-hydrogen) atoms. The maximum Gasteiger partial charge on any atom is 0.237 e. The number of benzene rings is 2. The highest BCUT2D eigenvalue weighted by Gasteiger charge is 2.35. The maximum absolute atomic E-state index is 13.1. The minimum atomic E-state index is -0.0257. The van der Waals surface area contributed by atoms with E-state index in [1.807, 2.05) is 62.4 Å². The molecule has 0 fully saturated rings. The Labute approximate surface area is 183 Å². The van der Waals surface area contributed by atoms with Crippen molar-refractivity contribution in [1.29, 1.82) is 5.41 Å². The molecule has 1 aromatic heterocycles. The van der Waals surface area contributed by atoms with Crippen molar-refractivity contribution >= 4 is 23.1 Å². The molecule has 0 unspecified atom stereocenters. The quantitative estimate of drug-likeness (QED) is 0.386. The Hall–Kier alpha value is -3.34. The number of carbonyl (C=O) groups is 1. The van der Waals surface area contributed by atoms with E-state index in [1.165, 1.54) is 0 Å². The summed E-state index contributed by atoms with van der Waals surface area (Å²) >= 11 is 0. The van der Waals surface area contributed by atoms with E-state index in [9.17, 15) is 4.79 Å². The number of para-hydroxylation sites is 1. The summed E-state index contributed by atoms with van der Waals surface area (Å²) < 4.78 is 0. The fourth-order valence-corrected chi connectivity index (χ4v) is 3.98. The molecule has 158 valence electrons. The lowest BCUT2D eigenvalue weighted by molar-refractivity contribution is -0.116. The first-order valence-electron chi connectivity index (χ1n) is 10.9. The molecule has 0 radical (unpaired) electrons. The number of anilines is 2. The Morgan fingerprint density at radius 1 is 1.03 bits per heavy atom. The average Bonchev–Trinajstić information content (AvgIpc) is 3.09. The fraction of sp³-hybridized carbons (Fsp3) is 0.308. The summed E-state index contributed by atoms with van der Waals surface area (Å²) in [7, 11) is 0. The number of hydrogen-bond acceptors (Lipinski definition) is 4. The van der Waals surface area contributed by atoms with Gasteiger partial charge in [-0.05, 0) is 38.3 Å². The second-order valence-electron chi connectivity index (χ2n) is 8.19. The molecule has 0 saturated heterocycles. The van der Waals surface area contributed by atoms with E-state index in [0.717, 1.165) is 47.2 Å². The van der Waals surface area contributed by atoms with Crippen molar-refractivity contribution < 1.29 is 4.79 Å². The number of unbranched alkanes of at least 4 members (excludes halogenated alkanes) is 2. The van der Waals surface area contributed by atoms with Crippen molar-refractivity contribution in [2.75, 3.05) is 4.90 Å². The van der Waals surface area contributed by atoms with Crippen LogP contribution in [0.5, 0.6) is 0 Å². The molecule has 0 aliphatic carbocycles. The molecule has 0 bridgehead atoms. The van der Waals surface area contributed by atoms with Crippen molar-refractivity contribution in [3.63, 3.8) is 0 Å². The standard InChI is InChI=1S/C26H28N4O/c1-4-5-6-10-21(27)24-20-16-23(31)30(22-11-8-7-9-18(22)3)26(20)29-25(28-24)19-14-12-17(2)13-15-19/h7-9,11-15,27H,4-6,10,16H2,1-3H3. The van der Waals surface area contributed by atoms with E-state index in [0.29, 0.717) is 29.5 Å². The zero-order valence-corrected chi connectivity index (χ0v) is 18.4. The summed E-state index contributed by atoms with van der Waals surface area (Å²) in [6.45, 7) is 6.19. The molecule has 1 aliphatic heterocycles. The first kappa shape index (κ1) is 20.9. The van der Waals surface area contributed by atoms with E-state index in [1.54, 1.807) is 4.90 Å². The van der Waals surface area contributed by atoms with Crippen molar-refractivity contribution in [2.45, 2.75) is 52.9 Å². The molecule has 2 heterocycles. The maximum atomic E-state index is 13.1. The molecule has 4 rings (SSSR count). The normalized spacial score (nSPS) is 12.9. The van der Waals surface area contributed by atoms with Gasteiger partial charge in [-0.25, -0.2) is 9.97 Å². The zero-order chi connectivity index (χ0) is 22.0. The number of aromatic nitrogens is 2. The van der Waals surface area contributed by atoms with Gasteiger partial charge in [-0.1, -0.05) is 67.8 Å². The van der Waals surface area contributed by atoms with Crippen LogP contribution in [-0.4, -0.2) is 21.6 Å². The number of aryl methyl sites for hydroxylation is 2. The average molecular weight is 413 g/mol. The largest absolute Gasteiger partial charge is 0.303 e. The van der Waals surface area contributed by atoms with E-state index >= 15 is 0 Å². The highest BCUT2D eigenvalue weighted by molar-refractivity contribution is 6.10. The summed E-state index contributed by atoms with van der Waals surface area (Å²) in [5.74, 6) is 1.14. The van der Waals surface area contributed by atoms with Crippen LogP contribution in [0, 0.1) is 19.3 Å². The summed E-state index contributed by atoms with van der Waals surface area (Å²) in [6, 6.07) is 15.9. The van der Waals surface area contributed by atoms with Crippen molar-refractivity contribution in [1.82, 2.24) is 9.97 Å². The first-order valence-corrected chi connectivity index (χ1v) is 10.9. The highest BCUT2D eigenvalue weighted by Crippen LogP contribution is 2.38. The molecule has 5 nitrogen and oxygen atoms in total. The van der Waals surface area contributed by atoms with Gasteiger partial charge in [0.15, 0.2) is 5.82 Å². The fourth-order valence-electron chi connectivity index (χ4n) is 3.98.